The number of benzene rings is 2. The summed E-state index contributed by atoms with van der Waals surface area (Å²) in [6.07, 6.45) is 2.64. The molecule has 1 heterocycles. The normalized spacial score (nSPS) is 12.1. The van der Waals surface area contributed by atoms with Crippen LogP contribution in [-0.2, 0) is 30.3 Å². The molecule has 1 fully saturated rings. The Morgan fingerprint density at radius 3 is 1.71 bits per heavy atom. The van der Waals surface area contributed by atoms with Crippen molar-refractivity contribution in [3.05, 3.63) is 54.1 Å². The van der Waals surface area contributed by atoms with Crippen LogP contribution in [0.1, 0.15) is 59.3 Å². The molecule has 210 valence electrons. The molecule has 0 amide bonds. The van der Waals surface area contributed by atoms with Crippen molar-refractivity contribution in [3.63, 3.8) is 0 Å². The summed E-state index contributed by atoms with van der Waals surface area (Å²) in [6, 6.07) is 15.6. The number of cyclic esters (lactones) is 2. The van der Waals surface area contributed by atoms with Gasteiger partial charge in [0.25, 0.3) is 0 Å². The third-order valence-corrected chi connectivity index (χ3v) is 5.10. The van der Waals surface area contributed by atoms with Crippen LogP contribution in [0.4, 0.5) is 17.1 Å². The Bertz CT molecular complexity index is 995. The maximum Gasteiger partial charge on any atom is 0.313 e. The van der Waals surface area contributed by atoms with Gasteiger partial charge in [-0.3, -0.25) is 19.2 Å². The van der Waals surface area contributed by atoms with Crippen molar-refractivity contribution in [3.8, 4) is 0 Å². The van der Waals surface area contributed by atoms with E-state index in [-0.39, 0.29) is 24.1 Å². The second-order valence-corrected chi connectivity index (χ2v) is 8.71. The number of carbonyl (C=O) groups excluding carboxylic acids is 3. The highest BCUT2D eigenvalue weighted by atomic mass is 16.6. The van der Waals surface area contributed by atoms with Crippen LogP contribution in [0.25, 0.3) is 0 Å². The minimum atomic E-state index is -0.849. The monoisotopic (exact) mass is 530 g/mol. The summed E-state index contributed by atoms with van der Waals surface area (Å²) in [7, 11) is 7.94. The van der Waals surface area contributed by atoms with Crippen LogP contribution in [0.2, 0.25) is 0 Å². The summed E-state index contributed by atoms with van der Waals surface area (Å²) in [6.45, 7) is 2.29. The van der Waals surface area contributed by atoms with Crippen LogP contribution in [-0.4, -0.2) is 57.0 Å². The fourth-order valence-corrected chi connectivity index (χ4v) is 3.04. The van der Waals surface area contributed by atoms with Crippen molar-refractivity contribution < 1.29 is 30.4 Å². The number of carboxylic acid groups (broad SMARTS) is 1. The molecule has 2 aromatic rings. The zero-order chi connectivity index (χ0) is 29.8. The summed E-state index contributed by atoms with van der Waals surface area (Å²) < 4.78 is 10.4. The SMILES string of the molecule is CN(C)c1ccc(CC(=O)CCCC(=O)O)cc1.CN(C)c1ccc(N)cc1.O=C1CCCC(=O)O1.[2H]CC. The number of nitrogens with two attached hydrogens (primary N) is 1. The third kappa shape index (κ3) is 16.0. The zero-order valence-electron chi connectivity index (χ0n) is 24.2. The molecule has 0 bridgehead atoms. The van der Waals surface area contributed by atoms with Gasteiger partial charge in [0.15, 0.2) is 0 Å². The second kappa shape index (κ2) is 19.3. The van der Waals surface area contributed by atoms with Gasteiger partial charge in [-0.2, -0.15) is 0 Å². The summed E-state index contributed by atoms with van der Waals surface area (Å²) >= 11 is 0. The van der Waals surface area contributed by atoms with Crippen molar-refractivity contribution in [1.29, 1.82) is 0 Å². The lowest BCUT2D eigenvalue weighted by Crippen LogP contribution is -2.17. The van der Waals surface area contributed by atoms with Gasteiger partial charge >= 0.3 is 17.9 Å². The fraction of sp³-hybridized carbons (Fsp3) is 0.448. The van der Waals surface area contributed by atoms with E-state index < -0.39 is 5.97 Å². The van der Waals surface area contributed by atoms with E-state index in [1.54, 1.807) is 6.92 Å². The Kier molecular flexibility index (Phi) is 16.3. The van der Waals surface area contributed by atoms with Crippen molar-refractivity contribution >= 4 is 40.8 Å². The molecule has 2 aromatic carbocycles. The largest absolute Gasteiger partial charge is 0.481 e. The van der Waals surface area contributed by atoms with E-state index in [9.17, 15) is 19.2 Å². The Morgan fingerprint density at radius 1 is 0.895 bits per heavy atom. The molecule has 0 atom stereocenters. The van der Waals surface area contributed by atoms with E-state index >= 15 is 0 Å². The molecule has 0 spiro atoms. The quantitative estimate of drug-likeness (QED) is 0.283. The number of nitrogens with zero attached hydrogens (tertiary/aromatic N) is 2. The number of carbonyl (C=O) groups is 4. The average Bonchev–Trinajstić information content (AvgIpc) is 2.85. The number of ketones is 1. The Labute approximate surface area is 228 Å². The molecule has 1 aliphatic rings. The molecular formula is C29H43N3O6. The Balaban J connectivity index is 0.000000576. The lowest BCUT2D eigenvalue weighted by atomic mass is 10.0. The lowest BCUT2D eigenvalue weighted by molar-refractivity contribution is -0.163. The maximum absolute atomic E-state index is 11.6. The highest BCUT2D eigenvalue weighted by molar-refractivity contribution is 5.87. The predicted octanol–water partition coefficient (Wildman–Crippen LogP) is 4.72. The van der Waals surface area contributed by atoms with E-state index in [1.807, 2.05) is 86.5 Å². The van der Waals surface area contributed by atoms with Gasteiger partial charge in [0.05, 0.1) is 0 Å². The van der Waals surface area contributed by atoms with Gasteiger partial charge in [-0.05, 0) is 54.8 Å². The van der Waals surface area contributed by atoms with Crippen LogP contribution >= 0.6 is 0 Å². The molecule has 0 saturated carbocycles. The number of hydrogen-bond acceptors (Lipinski definition) is 8. The molecule has 9 heteroatoms. The van der Waals surface area contributed by atoms with Crippen LogP contribution in [0.3, 0.4) is 0 Å². The van der Waals surface area contributed by atoms with Gasteiger partial charge in [-0.25, -0.2) is 0 Å². The Morgan fingerprint density at radius 2 is 1.34 bits per heavy atom. The molecule has 38 heavy (non-hydrogen) atoms. The van der Waals surface area contributed by atoms with Gasteiger partial charge < -0.3 is 25.4 Å². The molecule has 3 rings (SSSR count). The van der Waals surface area contributed by atoms with E-state index in [4.69, 9.17) is 12.2 Å². The first-order chi connectivity index (χ1) is 18.4. The van der Waals surface area contributed by atoms with Gasteiger partial charge in [0.2, 0.25) is 0 Å². The molecule has 1 aliphatic heterocycles. The highest BCUT2D eigenvalue weighted by Gasteiger charge is 2.16. The number of nitrogen functional groups attached to an aromatic ring is 1. The second-order valence-electron chi connectivity index (χ2n) is 8.71. The summed E-state index contributed by atoms with van der Waals surface area (Å²) in [5.74, 6) is -1.53. The van der Waals surface area contributed by atoms with Crippen LogP contribution in [0.15, 0.2) is 48.5 Å². The molecule has 3 N–H and O–H groups in total. The van der Waals surface area contributed by atoms with Crippen LogP contribution in [0, 0.1) is 0 Å². The van der Waals surface area contributed by atoms with Gasteiger partial charge in [0, 0.05) is 78.7 Å². The van der Waals surface area contributed by atoms with E-state index in [0.29, 0.717) is 45.4 Å². The average molecular weight is 531 g/mol. The molecule has 0 radical (unpaired) electrons. The number of ether oxygens (including phenoxy) is 1. The highest BCUT2D eigenvalue weighted by Crippen LogP contribution is 2.14. The minimum absolute atomic E-state index is 0.0608. The fourth-order valence-electron chi connectivity index (χ4n) is 3.04. The molecule has 0 aromatic heterocycles. The first-order valence-electron chi connectivity index (χ1n) is 13.2. The lowest BCUT2D eigenvalue weighted by Gasteiger charge is -2.12. The maximum atomic E-state index is 11.6. The number of esters is 2. The number of anilines is 3. The molecule has 0 aliphatic carbocycles. The number of aliphatic carboxylic acids is 1. The topological polar surface area (TPSA) is 130 Å². The standard InChI is InChI=1S/C14H19NO3.C8H12N2.C5H6O3.C2H6/c1-15(2)12-8-6-11(7-9-12)10-13(16)4-3-5-14(17)18;1-10(2)8-5-3-7(9)4-6-8;6-4-2-1-3-5(7)8-4;1-2/h6-9H,3-5,10H2,1-2H3,(H,17,18);3-6H,9H2,1-2H3;1-3H2;1-2H3/i;;;1D. The van der Waals surface area contributed by atoms with Crippen molar-refractivity contribution in [1.82, 2.24) is 0 Å². The van der Waals surface area contributed by atoms with Crippen LogP contribution in [0.5, 0.6) is 0 Å². The van der Waals surface area contributed by atoms with Crippen molar-refractivity contribution in [2.45, 2.75) is 58.8 Å². The molecule has 9 nitrogen and oxygen atoms in total. The van der Waals surface area contributed by atoms with Gasteiger partial charge in [-0.1, -0.05) is 26.0 Å². The first kappa shape index (κ1) is 32.1. The minimum Gasteiger partial charge on any atom is -0.481 e. The summed E-state index contributed by atoms with van der Waals surface area (Å²) in [5, 5.41) is 8.48. The van der Waals surface area contributed by atoms with Crippen LogP contribution < -0.4 is 15.5 Å². The summed E-state index contributed by atoms with van der Waals surface area (Å²) in [5.41, 5.74) is 9.56. The Hall–Kier alpha value is -3.88. The number of hydrogen-bond donors (Lipinski definition) is 2. The molecule has 1 saturated heterocycles. The zero-order valence-corrected chi connectivity index (χ0v) is 23.2. The van der Waals surface area contributed by atoms with E-state index in [1.165, 1.54) is 5.69 Å². The number of Topliss-reactive ketones (excluding diaryl/α,β-unsaturated/α-hetero) is 1. The van der Waals surface area contributed by atoms with E-state index in [0.717, 1.165) is 16.9 Å². The third-order valence-electron chi connectivity index (χ3n) is 5.10. The van der Waals surface area contributed by atoms with Gasteiger partial charge in [-0.15, -0.1) is 0 Å². The summed E-state index contributed by atoms with van der Waals surface area (Å²) in [4.78, 5) is 46.4. The molecule has 0 unspecified atom stereocenters. The predicted molar refractivity (Wildman–Crippen MR) is 152 cm³/mol. The van der Waals surface area contributed by atoms with Crippen molar-refractivity contribution in [2.24, 2.45) is 0 Å². The van der Waals surface area contributed by atoms with Crippen molar-refractivity contribution in [2.75, 3.05) is 43.7 Å². The first-order valence-corrected chi connectivity index (χ1v) is 12.4. The van der Waals surface area contributed by atoms with Gasteiger partial charge in [0.1, 0.15) is 5.78 Å². The van der Waals surface area contributed by atoms with E-state index in [2.05, 4.69) is 4.74 Å². The smallest absolute Gasteiger partial charge is 0.313 e. The molecular weight excluding hydrogens is 486 g/mol. The number of carboxylic acids is 1. The number of rotatable bonds is 8.